The van der Waals surface area contributed by atoms with E-state index < -0.39 is 0 Å². The van der Waals surface area contributed by atoms with E-state index in [1.807, 2.05) is 36.9 Å². The summed E-state index contributed by atoms with van der Waals surface area (Å²) in [6.45, 7) is 2.06. The maximum absolute atomic E-state index is 6.07. The number of hydrogen-bond acceptors (Lipinski definition) is 5. The van der Waals surface area contributed by atoms with E-state index in [0.717, 1.165) is 59.1 Å². The summed E-state index contributed by atoms with van der Waals surface area (Å²) in [7, 11) is 0. The fourth-order valence-electron chi connectivity index (χ4n) is 4.20. The van der Waals surface area contributed by atoms with Gasteiger partial charge in [0.1, 0.15) is 18.1 Å². The molecule has 1 N–H and O–H groups in total. The van der Waals surface area contributed by atoms with Crippen molar-refractivity contribution in [3.05, 3.63) is 77.3 Å². The molecule has 0 spiro atoms. The highest BCUT2D eigenvalue weighted by Gasteiger charge is 2.17. The van der Waals surface area contributed by atoms with Crippen LogP contribution in [0.25, 0.3) is 11.0 Å². The summed E-state index contributed by atoms with van der Waals surface area (Å²) in [6.07, 6.45) is 15.8. The highest BCUT2D eigenvalue weighted by molar-refractivity contribution is 5.80. The van der Waals surface area contributed by atoms with Crippen molar-refractivity contribution in [3.8, 4) is 5.88 Å². The molecule has 5 rings (SSSR count). The lowest BCUT2D eigenvalue weighted by Gasteiger charge is -2.13. The molecule has 0 radical (unpaired) electrons. The molecule has 152 valence electrons. The fraction of sp³-hybridized carbons (Fsp3) is 0.333. The largest absolute Gasteiger partial charge is 0.474 e. The molecule has 1 aliphatic carbocycles. The third-order valence-electron chi connectivity index (χ3n) is 5.78. The Labute approximate surface area is 175 Å². The number of hydrogen-bond donors (Lipinski definition) is 1. The van der Waals surface area contributed by atoms with Gasteiger partial charge in [-0.2, -0.15) is 0 Å². The smallest absolute Gasteiger partial charge is 0.213 e. The predicted octanol–water partition coefficient (Wildman–Crippen LogP) is 4.56. The number of nitrogens with one attached hydrogen (secondary N) is 1. The van der Waals surface area contributed by atoms with Gasteiger partial charge in [0, 0.05) is 49.1 Å². The van der Waals surface area contributed by atoms with Gasteiger partial charge in [-0.1, -0.05) is 0 Å². The third-order valence-corrected chi connectivity index (χ3v) is 5.78. The van der Waals surface area contributed by atoms with E-state index in [1.54, 1.807) is 6.33 Å². The fourth-order valence-corrected chi connectivity index (χ4v) is 4.20. The number of aromatic nitrogens is 5. The maximum atomic E-state index is 6.07. The van der Waals surface area contributed by atoms with E-state index in [4.69, 9.17) is 4.74 Å². The minimum Gasteiger partial charge on any atom is -0.474 e. The van der Waals surface area contributed by atoms with Crippen LogP contribution in [0.5, 0.6) is 5.88 Å². The van der Waals surface area contributed by atoms with Crippen LogP contribution in [0.2, 0.25) is 0 Å². The average Bonchev–Trinajstić information content (AvgIpc) is 3.40. The zero-order valence-corrected chi connectivity index (χ0v) is 17.1. The van der Waals surface area contributed by atoms with Crippen LogP contribution in [0.15, 0.2) is 49.3 Å². The summed E-state index contributed by atoms with van der Waals surface area (Å²) in [5.74, 6) is 0.716. The van der Waals surface area contributed by atoms with Crippen molar-refractivity contribution in [3.63, 3.8) is 0 Å². The van der Waals surface area contributed by atoms with Gasteiger partial charge in [0.25, 0.3) is 0 Å². The molecule has 0 atom stereocenters. The summed E-state index contributed by atoms with van der Waals surface area (Å²) in [4.78, 5) is 21.0. The topological polar surface area (TPSA) is 76.6 Å². The standard InChI is InChI=1S/C24H25N5O/c1-16-8-21-18(14-28-24(21)27-12-16)11-19-13-25-15-29-22(19)9-17-6-7-26-23(10-17)30-20-4-2-3-5-20/h6-8,10,12-15,20H,2-5,9,11H2,1H3,(H,27,28). The van der Waals surface area contributed by atoms with E-state index in [2.05, 4.69) is 37.9 Å². The summed E-state index contributed by atoms with van der Waals surface area (Å²) < 4.78 is 6.07. The molecular formula is C24H25N5O. The highest BCUT2D eigenvalue weighted by Crippen LogP contribution is 2.25. The van der Waals surface area contributed by atoms with Gasteiger partial charge >= 0.3 is 0 Å². The zero-order chi connectivity index (χ0) is 20.3. The SMILES string of the molecule is Cc1cnc2[nH]cc(Cc3cncnc3Cc3ccnc(OC4CCCC4)c3)c2c1. The Balaban J connectivity index is 1.38. The number of H-pyrrole nitrogens is 1. The van der Waals surface area contributed by atoms with E-state index in [9.17, 15) is 0 Å². The van der Waals surface area contributed by atoms with Gasteiger partial charge in [-0.15, -0.1) is 0 Å². The number of aryl methyl sites for hydroxylation is 1. The van der Waals surface area contributed by atoms with Crippen molar-refractivity contribution in [2.24, 2.45) is 0 Å². The maximum Gasteiger partial charge on any atom is 0.213 e. The van der Waals surface area contributed by atoms with Crippen LogP contribution in [0.3, 0.4) is 0 Å². The minimum atomic E-state index is 0.307. The van der Waals surface area contributed by atoms with Crippen LogP contribution in [0.1, 0.15) is 53.6 Å². The Morgan fingerprint density at radius 2 is 1.93 bits per heavy atom. The van der Waals surface area contributed by atoms with Crippen molar-refractivity contribution < 1.29 is 4.74 Å². The number of rotatable bonds is 6. The molecule has 30 heavy (non-hydrogen) atoms. The lowest BCUT2D eigenvalue weighted by atomic mass is 10.0. The van der Waals surface area contributed by atoms with Crippen LogP contribution in [-0.2, 0) is 12.8 Å². The molecule has 0 unspecified atom stereocenters. The molecular weight excluding hydrogens is 374 g/mol. The second-order valence-electron chi connectivity index (χ2n) is 8.10. The molecule has 4 heterocycles. The van der Waals surface area contributed by atoms with Crippen LogP contribution in [0, 0.1) is 6.92 Å². The third kappa shape index (κ3) is 4.03. The molecule has 1 aliphatic rings. The van der Waals surface area contributed by atoms with Crippen LogP contribution in [0.4, 0.5) is 0 Å². The van der Waals surface area contributed by atoms with E-state index >= 15 is 0 Å². The van der Waals surface area contributed by atoms with Gasteiger partial charge in [-0.3, -0.25) is 0 Å². The summed E-state index contributed by atoms with van der Waals surface area (Å²) >= 11 is 0. The van der Waals surface area contributed by atoms with Crippen LogP contribution in [-0.4, -0.2) is 31.0 Å². The molecule has 0 amide bonds. The van der Waals surface area contributed by atoms with Gasteiger partial charge in [-0.05, 0) is 67.0 Å². The summed E-state index contributed by atoms with van der Waals surface area (Å²) in [6, 6.07) is 6.25. The van der Waals surface area contributed by atoms with Gasteiger partial charge in [0.2, 0.25) is 5.88 Å². The van der Waals surface area contributed by atoms with E-state index in [1.165, 1.54) is 18.4 Å². The Bertz CT molecular complexity index is 1160. The number of nitrogens with zero attached hydrogens (tertiary/aromatic N) is 4. The first-order valence-electron chi connectivity index (χ1n) is 10.6. The van der Waals surface area contributed by atoms with Crippen LogP contribution < -0.4 is 4.74 Å². The lowest BCUT2D eigenvalue weighted by Crippen LogP contribution is -2.12. The normalized spacial score (nSPS) is 14.4. The molecule has 6 heteroatoms. The Morgan fingerprint density at radius 1 is 1.03 bits per heavy atom. The molecule has 1 saturated carbocycles. The first-order chi connectivity index (χ1) is 14.7. The molecule has 4 aromatic rings. The zero-order valence-electron chi connectivity index (χ0n) is 17.1. The number of pyridine rings is 2. The van der Waals surface area contributed by atoms with Gasteiger partial charge in [0.05, 0.1) is 5.69 Å². The monoisotopic (exact) mass is 399 g/mol. The summed E-state index contributed by atoms with van der Waals surface area (Å²) in [5.41, 5.74) is 6.57. The van der Waals surface area contributed by atoms with Gasteiger partial charge in [0.15, 0.2) is 0 Å². The van der Waals surface area contributed by atoms with E-state index in [0.29, 0.717) is 12.0 Å². The highest BCUT2D eigenvalue weighted by atomic mass is 16.5. The number of fused-ring (bicyclic) bond motifs is 1. The average molecular weight is 399 g/mol. The van der Waals surface area contributed by atoms with Gasteiger partial charge < -0.3 is 9.72 Å². The Hall–Kier alpha value is -3.28. The molecule has 4 aromatic heterocycles. The lowest BCUT2D eigenvalue weighted by molar-refractivity contribution is 0.201. The molecule has 0 aliphatic heterocycles. The van der Waals surface area contributed by atoms with Crippen molar-refractivity contribution >= 4 is 11.0 Å². The first kappa shape index (κ1) is 18.7. The van der Waals surface area contributed by atoms with Crippen molar-refractivity contribution in [1.82, 2.24) is 24.9 Å². The minimum absolute atomic E-state index is 0.307. The second kappa shape index (κ2) is 8.22. The summed E-state index contributed by atoms with van der Waals surface area (Å²) in [5, 5.41) is 1.15. The van der Waals surface area contributed by atoms with E-state index in [-0.39, 0.29) is 0 Å². The quantitative estimate of drug-likeness (QED) is 0.514. The number of aromatic amines is 1. The number of ether oxygens (including phenoxy) is 1. The molecule has 0 saturated heterocycles. The molecule has 0 bridgehead atoms. The molecule has 6 nitrogen and oxygen atoms in total. The van der Waals surface area contributed by atoms with Crippen molar-refractivity contribution in [2.45, 2.75) is 51.6 Å². The Morgan fingerprint density at radius 3 is 2.83 bits per heavy atom. The predicted molar refractivity (Wildman–Crippen MR) is 116 cm³/mol. The first-order valence-corrected chi connectivity index (χ1v) is 10.6. The molecule has 1 fully saturated rings. The van der Waals surface area contributed by atoms with Crippen molar-refractivity contribution in [2.75, 3.05) is 0 Å². The van der Waals surface area contributed by atoms with Crippen LogP contribution >= 0.6 is 0 Å². The Kier molecular flexibility index (Phi) is 5.13. The van der Waals surface area contributed by atoms with Crippen molar-refractivity contribution in [1.29, 1.82) is 0 Å². The second-order valence-corrected chi connectivity index (χ2v) is 8.10. The molecule has 0 aromatic carbocycles. The van der Waals surface area contributed by atoms with Gasteiger partial charge in [-0.25, -0.2) is 19.9 Å².